The van der Waals surface area contributed by atoms with Crippen LogP contribution in [0.15, 0.2) is 48.5 Å². The Morgan fingerprint density at radius 1 is 1.04 bits per heavy atom. The highest BCUT2D eigenvalue weighted by Crippen LogP contribution is 2.24. The lowest BCUT2D eigenvalue weighted by Crippen LogP contribution is -2.15. The summed E-state index contributed by atoms with van der Waals surface area (Å²) in [5.74, 6) is 0.0959. The van der Waals surface area contributed by atoms with E-state index in [1.807, 2.05) is 24.3 Å². The average Bonchev–Trinajstić information content (AvgIpc) is 2.58. The van der Waals surface area contributed by atoms with Crippen LogP contribution in [0.3, 0.4) is 0 Å². The summed E-state index contributed by atoms with van der Waals surface area (Å²) in [6.07, 6.45) is 0. The number of hydrogen-bond acceptors (Lipinski definition) is 5. The summed E-state index contributed by atoms with van der Waals surface area (Å²) in [6.45, 7) is 6.22. The number of esters is 1. The molecule has 2 rings (SSSR count). The highest BCUT2D eigenvalue weighted by Gasteiger charge is 2.13. The van der Waals surface area contributed by atoms with Crippen molar-refractivity contribution in [1.29, 1.82) is 0 Å². The zero-order valence-electron chi connectivity index (χ0n) is 14.5. The Balaban J connectivity index is 1.79. The highest BCUT2D eigenvalue weighted by molar-refractivity contribution is 5.71. The minimum absolute atomic E-state index is 0.00267. The van der Waals surface area contributed by atoms with E-state index in [0.29, 0.717) is 11.3 Å². The molecular formula is C19H21NO5. The lowest BCUT2D eigenvalue weighted by atomic mass is 9.87. The maximum atomic E-state index is 11.7. The normalized spacial score (nSPS) is 11.0. The lowest BCUT2D eigenvalue weighted by molar-refractivity contribution is -0.384. The fraction of sp³-hybridized carbons (Fsp3) is 0.316. The summed E-state index contributed by atoms with van der Waals surface area (Å²) >= 11 is 0. The van der Waals surface area contributed by atoms with Crippen molar-refractivity contribution in [3.8, 4) is 5.75 Å². The predicted molar refractivity (Wildman–Crippen MR) is 93.5 cm³/mol. The number of carbonyl (C=O) groups excluding carboxylic acids is 1. The van der Waals surface area contributed by atoms with Gasteiger partial charge in [-0.15, -0.1) is 0 Å². The van der Waals surface area contributed by atoms with Crippen molar-refractivity contribution in [2.75, 3.05) is 6.61 Å². The highest BCUT2D eigenvalue weighted by atomic mass is 16.6. The number of ether oxygens (including phenoxy) is 2. The van der Waals surface area contributed by atoms with Crippen molar-refractivity contribution in [2.24, 2.45) is 0 Å². The first-order valence-corrected chi connectivity index (χ1v) is 7.88. The molecule has 2 aromatic carbocycles. The lowest BCUT2D eigenvalue weighted by Gasteiger charge is -2.19. The Morgan fingerprint density at radius 3 is 2.16 bits per heavy atom. The molecule has 0 saturated carbocycles. The van der Waals surface area contributed by atoms with E-state index in [4.69, 9.17) is 9.47 Å². The monoisotopic (exact) mass is 343 g/mol. The smallest absolute Gasteiger partial charge is 0.344 e. The molecule has 0 unspecified atom stereocenters. The molecule has 0 atom stereocenters. The second-order valence-electron chi connectivity index (χ2n) is 6.65. The summed E-state index contributed by atoms with van der Waals surface area (Å²) in [4.78, 5) is 21.8. The van der Waals surface area contributed by atoms with Crippen LogP contribution in [-0.4, -0.2) is 17.5 Å². The predicted octanol–water partition coefficient (Wildman–Crippen LogP) is 4.01. The van der Waals surface area contributed by atoms with E-state index in [9.17, 15) is 14.9 Å². The maximum Gasteiger partial charge on any atom is 0.344 e. The topological polar surface area (TPSA) is 78.7 Å². The van der Waals surface area contributed by atoms with Crippen LogP contribution in [-0.2, 0) is 21.6 Å². The second-order valence-corrected chi connectivity index (χ2v) is 6.65. The Hall–Kier alpha value is -2.89. The van der Waals surface area contributed by atoms with Gasteiger partial charge in [-0.2, -0.15) is 0 Å². The molecule has 0 fully saturated rings. The molecule has 0 bridgehead atoms. The van der Waals surface area contributed by atoms with Gasteiger partial charge in [-0.05, 0) is 40.8 Å². The van der Waals surface area contributed by atoms with Crippen LogP contribution in [0.2, 0.25) is 0 Å². The van der Waals surface area contributed by atoms with Gasteiger partial charge in [0.25, 0.3) is 5.69 Å². The van der Waals surface area contributed by atoms with Gasteiger partial charge in [-0.1, -0.05) is 32.9 Å². The van der Waals surface area contributed by atoms with Gasteiger partial charge in [0.2, 0.25) is 0 Å². The third-order valence-electron chi connectivity index (χ3n) is 3.62. The molecule has 6 heteroatoms. The van der Waals surface area contributed by atoms with Gasteiger partial charge >= 0.3 is 5.97 Å². The first kappa shape index (κ1) is 18.4. The number of non-ortho nitro benzene ring substituents is 1. The molecule has 0 N–H and O–H groups in total. The van der Waals surface area contributed by atoms with E-state index < -0.39 is 10.9 Å². The quantitative estimate of drug-likeness (QED) is 0.450. The third kappa shape index (κ3) is 5.60. The van der Waals surface area contributed by atoms with Crippen molar-refractivity contribution in [3.63, 3.8) is 0 Å². The minimum Gasteiger partial charge on any atom is -0.482 e. The molecule has 0 aliphatic rings. The molecule has 25 heavy (non-hydrogen) atoms. The van der Waals surface area contributed by atoms with E-state index >= 15 is 0 Å². The van der Waals surface area contributed by atoms with Crippen LogP contribution >= 0.6 is 0 Å². The molecular weight excluding hydrogens is 322 g/mol. The van der Waals surface area contributed by atoms with Crippen LogP contribution in [0.1, 0.15) is 31.9 Å². The summed E-state index contributed by atoms with van der Waals surface area (Å²) in [6, 6.07) is 13.4. The summed E-state index contributed by atoms with van der Waals surface area (Å²) in [7, 11) is 0. The van der Waals surface area contributed by atoms with Gasteiger partial charge in [0.05, 0.1) is 4.92 Å². The van der Waals surface area contributed by atoms with E-state index in [1.165, 1.54) is 17.7 Å². The number of rotatable bonds is 6. The van der Waals surface area contributed by atoms with Crippen LogP contribution in [0.4, 0.5) is 5.69 Å². The summed E-state index contributed by atoms with van der Waals surface area (Å²) < 4.78 is 10.5. The fourth-order valence-corrected chi connectivity index (χ4v) is 2.11. The number of nitrogens with zero attached hydrogens (tertiary/aromatic N) is 1. The van der Waals surface area contributed by atoms with Crippen LogP contribution < -0.4 is 4.74 Å². The number of nitro groups is 1. The van der Waals surface area contributed by atoms with Crippen molar-refractivity contribution in [2.45, 2.75) is 32.8 Å². The van der Waals surface area contributed by atoms with Gasteiger partial charge in [0.15, 0.2) is 6.61 Å². The number of nitro benzene ring substituents is 1. The van der Waals surface area contributed by atoms with Crippen LogP contribution in [0.5, 0.6) is 5.75 Å². The molecule has 0 amide bonds. The number of hydrogen-bond donors (Lipinski definition) is 0. The number of benzene rings is 2. The van der Waals surface area contributed by atoms with E-state index in [1.54, 1.807) is 12.1 Å². The molecule has 0 aliphatic carbocycles. The zero-order valence-corrected chi connectivity index (χ0v) is 14.5. The van der Waals surface area contributed by atoms with Gasteiger partial charge in [-0.3, -0.25) is 10.1 Å². The van der Waals surface area contributed by atoms with Gasteiger partial charge in [0.1, 0.15) is 12.4 Å². The zero-order chi connectivity index (χ0) is 18.4. The van der Waals surface area contributed by atoms with Crippen LogP contribution in [0.25, 0.3) is 0 Å². The van der Waals surface area contributed by atoms with Crippen LogP contribution in [0, 0.1) is 10.1 Å². The van der Waals surface area contributed by atoms with Crippen molar-refractivity contribution in [3.05, 3.63) is 69.8 Å². The van der Waals surface area contributed by atoms with E-state index in [-0.39, 0.29) is 24.3 Å². The Morgan fingerprint density at radius 2 is 1.64 bits per heavy atom. The van der Waals surface area contributed by atoms with Gasteiger partial charge < -0.3 is 9.47 Å². The van der Waals surface area contributed by atoms with Crippen molar-refractivity contribution >= 4 is 11.7 Å². The molecule has 0 aliphatic heterocycles. The Kier molecular flexibility index (Phi) is 5.75. The number of carbonyl (C=O) groups is 1. The molecule has 0 aromatic heterocycles. The first-order chi connectivity index (χ1) is 11.8. The van der Waals surface area contributed by atoms with Crippen molar-refractivity contribution in [1.82, 2.24) is 0 Å². The SMILES string of the molecule is CC(C)(C)c1ccc(OCC(=O)OCc2ccc([N+](=O)[O-])cc2)cc1. The standard InChI is InChI=1S/C19H21NO5/c1-19(2,3)15-6-10-17(11-7-15)24-13-18(21)25-12-14-4-8-16(9-5-14)20(22)23/h4-11H,12-13H2,1-3H3. The second kappa shape index (κ2) is 7.79. The first-order valence-electron chi connectivity index (χ1n) is 7.88. The molecule has 0 saturated heterocycles. The maximum absolute atomic E-state index is 11.7. The van der Waals surface area contributed by atoms with E-state index in [2.05, 4.69) is 20.8 Å². The summed E-state index contributed by atoms with van der Waals surface area (Å²) in [5, 5.41) is 10.6. The van der Waals surface area contributed by atoms with Crippen molar-refractivity contribution < 1.29 is 19.2 Å². The molecule has 132 valence electrons. The summed E-state index contributed by atoms with van der Waals surface area (Å²) in [5.41, 5.74) is 1.91. The van der Waals surface area contributed by atoms with E-state index in [0.717, 1.165) is 0 Å². The van der Waals surface area contributed by atoms with Gasteiger partial charge in [0, 0.05) is 12.1 Å². The Bertz CT molecular complexity index is 730. The minimum atomic E-state index is -0.502. The largest absolute Gasteiger partial charge is 0.482 e. The molecule has 0 spiro atoms. The fourth-order valence-electron chi connectivity index (χ4n) is 2.11. The van der Waals surface area contributed by atoms with Gasteiger partial charge in [-0.25, -0.2) is 4.79 Å². The molecule has 0 radical (unpaired) electrons. The average molecular weight is 343 g/mol. The molecule has 6 nitrogen and oxygen atoms in total. The molecule has 2 aromatic rings. The third-order valence-corrected chi connectivity index (χ3v) is 3.62. The Labute approximate surface area is 146 Å². The molecule has 0 heterocycles.